The van der Waals surface area contributed by atoms with E-state index in [2.05, 4.69) is 21.2 Å². The van der Waals surface area contributed by atoms with E-state index in [1.54, 1.807) is 56.3 Å². The second-order valence-electron chi connectivity index (χ2n) is 10.3. The third-order valence-electron chi connectivity index (χ3n) is 7.45. The fraction of sp³-hybridized carbons (Fsp3) is 0.333. The molecule has 44 heavy (non-hydrogen) atoms. The SMILES string of the molecule is CCOC(=O)[C@H](Cc1ccccc1)NP(=O)(OC[C@H]1O[C@@](C#N)(c2ccc3c(N)ncnn23)[C@@H](C)[C@@H]1O)Oc1ccccc1. The highest BCUT2D eigenvalue weighted by molar-refractivity contribution is 7.52. The minimum Gasteiger partial charge on any atom is -0.465 e. The molecule has 1 aliphatic heterocycles. The predicted octanol–water partition coefficient (Wildman–Crippen LogP) is 3.39. The number of fused-ring (bicyclic) bond motifs is 1. The number of rotatable bonds is 12. The van der Waals surface area contributed by atoms with E-state index in [1.165, 1.54) is 10.8 Å². The number of esters is 1. The molecule has 4 N–H and O–H groups in total. The lowest BCUT2D eigenvalue weighted by molar-refractivity contribution is -0.145. The highest BCUT2D eigenvalue weighted by Gasteiger charge is 2.56. The molecule has 1 unspecified atom stereocenters. The van der Waals surface area contributed by atoms with Crippen LogP contribution in [0.2, 0.25) is 0 Å². The van der Waals surface area contributed by atoms with Gasteiger partial charge in [0.05, 0.1) is 25.0 Å². The van der Waals surface area contributed by atoms with Crippen molar-refractivity contribution in [2.45, 2.75) is 44.1 Å². The van der Waals surface area contributed by atoms with Crippen LogP contribution in [0, 0.1) is 17.2 Å². The molecule has 14 heteroatoms. The summed E-state index contributed by atoms with van der Waals surface area (Å²) in [6, 6.07) is 21.8. The molecule has 2 aromatic heterocycles. The van der Waals surface area contributed by atoms with Gasteiger partial charge < -0.3 is 24.8 Å². The summed E-state index contributed by atoms with van der Waals surface area (Å²) in [4.78, 5) is 17.0. The summed E-state index contributed by atoms with van der Waals surface area (Å²) in [6.45, 7) is 2.99. The number of aliphatic hydroxyl groups excluding tert-OH is 1. The van der Waals surface area contributed by atoms with Gasteiger partial charge in [-0.05, 0) is 43.2 Å². The van der Waals surface area contributed by atoms with Gasteiger partial charge >= 0.3 is 13.7 Å². The fourth-order valence-electron chi connectivity index (χ4n) is 5.17. The summed E-state index contributed by atoms with van der Waals surface area (Å²) in [7, 11) is -4.33. The number of nitrogens with one attached hydrogen (secondary N) is 1. The first-order valence-corrected chi connectivity index (χ1v) is 15.6. The van der Waals surface area contributed by atoms with Crippen LogP contribution in [0.1, 0.15) is 25.1 Å². The number of benzene rings is 2. The fourth-order valence-corrected chi connectivity index (χ4v) is 6.67. The number of nitrogens with zero attached hydrogens (tertiary/aromatic N) is 4. The van der Waals surface area contributed by atoms with Crippen molar-refractivity contribution in [3.63, 3.8) is 0 Å². The van der Waals surface area contributed by atoms with E-state index in [0.29, 0.717) is 11.2 Å². The van der Waals surface area contributed by atoms with Crippen molar-refractivity contribution in [1.29, 1.82) is 5.26 Å². The number of aliphatic hydroxyl groups is 1. The van der Waals surface area contributed by atoms with E-state index in [9.17, 15) is 19.7 Å². The number of carbonyl (C=O) groups excluding carboxylic acids is 1. The maximum atomic E-state index is 14.3. The highest BCUT2D eigenvalue weighted by Crippen LogP contribution is 2.49. The summed E-state index contributed by atoms with van der Waals surface area (Å²) in [5, 5.41) is 28.6. The molecule has 13 nitrogen and oxygen atoms in total. The van der Waals surface area contributed by atoms with Gasteiger partial charge in [0.2, 0.25) is 5.60 Å². The number of nitrogen functional groups attached to an aromatic ring is 1. The summed E-state index contributed by atoms with van der Waals surface area (Å²) in [5.74, 6) is -0.979. The summed E-state index contributed by atoms with van der Waals surface area (Å²) < 4.78 is 38.9. The van der Waals surface area contributed by atoms with Gasteiger partial charge in [-0.1, -0.05) is 55.5 Å². The molecule has 3 heterocycles. The maximum Gasteiger partial charge on any atom is 0.459 e. The molecule has 230 valence electrons. The Morgan fingerprint density at radius 2 is 1.91 bits per heavy atom. The Hall–Kier alpha value is -4.31. The van der Waals surface area contributed by atoms with E-state index in [0.717, 1.165) is 5.56 Å². The van der Waals surface area contributed by atoms with Crippen LogP contribution in [0.5, 0.6) is 5.75 Å². The van der Waals surface area contributed by atoms with Gasteiger partial charge in [0, 0.05) is 5.92 Å². The van der Waals surface area contributed by atoms with E-state index >= 15 is 0 Å². The van der Waals surface area contributed by atoms with Gasteiger partial charge in [0.15, 0.2) is 5.82 Å². The smallest absolute Gasteiger partial charge is 0.459 e. The molecule has 0 amide bonds. The van der Waals surface area contributed by atoms with Gasteiger partial charge in [-0.2, -0.15) is 15.4 Å². The predicted molar refractivity (Wildman–Crippen MR) is 159 cm³/mol. The third kappa shape index (κ3) is 6.31. The molecule has 0 spiro atoms. The van der Waals surface area contributed by atoms with Crippen LogP contribution < -0.4 is 15.3 Å². The van der Waals surface area contributed by atoms with E-state index in [1.807, 2.05) is 30.3 Å². The van der Waals surface area contributed by atoms with Crippen molar-refractivity contribution in [1.82, 2.24) is 19.7 Å². The van der Waals surface area contributed by atoms with E-state index in [4.69, 9.17) is 24.3 Å². The minimum absolute atomic E-state index is 0.109. The lowest BCUT2D eigenvalue weighted by Crippen LogP contribution is -2.40. The van der Waals surface area contributed by atoms with Gasteiger partial charge in [-0.25, -0.2) is 14.1 Å². The summed E-state index contributed by atoms with van der Waals surface area (Å²) in [5.41, 5.74) is 5.92. The number of ether oxygens (including phenoxy) is 2. The number of carbonyl (C=O) groups is 1. The van der Waals surface area contributed by atoms with Gasteiger partial charge in [-0.3, -0.25) is 9.32 Å². The van der Waals surface area contributed by atoms with Gasteiger partial charge in [-0.15, -0.1) is 0 Å². The zero-order valence-electron chi connectivity index (χ0n) is 24.1. The Balaban J connectivity index is 1.42. The molecule has 0 aliphatic carbocycles. The molecule has 0 saturated carbocycles. The Bertz CT molecular complexity index is 1680. The number of para-hydroxylation sites is 1. The van der Waals surface area contributed by atoms with Crippen LogP contribution in [0.3, 0.4) is 0 Å². The van der Waals surface area contributed by atoms with Gasteiger partial charge in [0.25, 0.3) is 0 Å². The van der Waals surface area contributed by atoms with Crippen LogP contribution in [0.4, 0.5) is 5.82 Å². The molecule has 2 aromatic carbocycles. The Kier molecular flexibility index (Phi) is 9.29. The average Bonchev–Trinajstić information content (AvgIpc) is 3.57. The number of aromatic nitrogens is 3. The van der Waals surface area contributed by atoms with Crippen LogP contribution in [-0.4, -0.2) is 57.1 Å². The molecule has 0 bridgehead atoms. The maximum absolute atomic E-state index is 14.3. The summed E-state index contributed by atoms with van der Waals surface area (Å²) in [6.07, 6.45) is -0.936. The molecule has 6 atom stereocenters. The monoisotopic (exact) mass is 620 g/mol. The molecular weight excluding hydrogens is 587 g/mol. The molecule has 1 fully saturated rings. The standard InChI is InChI=1S/C30H33N6O7P/c1-3-40-29(38)23(16-21-10-6-4-7-11-21)35-44(39,43-22-12-8-5-9-13-22)41-17-25-27(37)20(2)30(18-31,42-25)26-15-14-24-28(32)33-19-34-36(24)26/h4-15,19-20,23,25,27,37H,3,16-17H2,1-2H3,(H,35,39)(H2,32,33,34)/t20-,23-,25+,27-,30+,44?/m0/s1. The molecule has 0 radical (unpaired) electrons. The zero-order valence-corrected chi connectivity index (χ0v) is 25.0. The highest BCUT2D eigenvalue weighted by atomic mass is 31.2. The average molecular weight is 621 g/mol. The normalized spacial score (nSPS) is 23.5. The van der Waals surface area contributed by atoms with Crippen LogP contribution in [0.25, 0.3) is 5.52 Å². The van der Waals surface area contributed by atoms with Crippen LogP contribution in [-0.2, 0) is 35.4 Å². The van der Waals surface area contributed by atoms with Crippen molar-refractivity contribution in [3.05, 3.63) is 90.4 Å². The van der Waals surface area contributed by atoms with E-state index in [-0.39, 0.29) is 24.6 Å². The first-order valence-electron chi connectivity index (χ1n) is 14.0. The number of hydrogen-bond acceptors (Lipinski definition) is 11. The first-order chi connectivity index (χ1) is 21.2. The minimum atomic E-state index is -4.33. The van der Waals surface area contributed by atoms with Crippen molar-refractivity contribution in [2.24, 2.45) is 5.92 Å². The van der Waals surface area contributed by atoms with Crippen LogP contribution in [0.15, 0.2) is 79.1 Å². The lowest BCUT2D eigenvalue weighted by Gasteiger charge is -2.26. The molecular formula is C30H33N6O7P. The van der Waals surface area contributed by atoms with Gasteiger partial charge in [0.1, 0.15) is 35.8 Å². The molecule has 1 saturated heterocycles. The quantitative estimate of drug-likeness (QED) is 0.155. The Labute approximate surface area is 254 Å². The number of hydrogen-bond donors (Lipinski definition) is 3. The van der Waals surface area contributed by atoms with Crippen molar-refractivity contribution in [2.75, 3.05) is 18.9 Å². The van der Waals surface area contributed by atoms with Crippen molar-refractivity contribution >= 4 is 25.1 Å². The summed E-state index contributed by atoms with van der Waals surface area (Å²) >= 11 is 0. The van der Waals surface area contributed by atoms with E-state index < -0.39 is 50.1 Å². The second kappa shape index (κ2) is 13.1. The number of nitriles is 1. The molecule has 1 aliphatic rings. The Morgan fingerprint density at radius 3 is 2.59 bits per heavy atom. The largest absolute Gasteiger partial charge is 0.465 e. The first kappa shape index (κ1) is 31.1. The Morgan fingerprint density at radius 1 is 1.20 bits per heavy atom. The molecule has 5 rings (SSSR count). The van der Waals surface area contributed by atoms with Crippen molar-refractivity contribution < 1.29 is 33.0 Å². The molecule has 4 aromatic rings. The van der Waals surface area contributed by atoms with Crippen LogP contribution >= 0.6 is 7.75 Å². The third-order valence-corrected chi connectivity index (χ3v) is 9.01. The topological polar surface area (TPSA) is 183 Å². The van der Waals surface area contributed by atoms with Crippen molar-refractivity contribution in [3.8, 4) is 11.8 Å². The number of nitrogens with two attached hydrogens (primary N) is 1. The zero-order chi connectivity index (χ0) is 31.3. The number of anilines is 1. The second-order valence-corrected chi connectivity index (χ2v) is 12.0. The lowest BCUT2D eigenvalue weighted by atomic mass is 9.85.